The fourth-order valence-corrected chi connectivity index (χ4v) is 2.35. The first-order chi connectivity index (χ1) is 2.89. The maximum Gasteiger partial charge on any atom is 0.0600 e. The zero-order valence-electron chi connectivity index (χ0n) is 3.79. The van der Waals surface area contributed by atoms with E-state index in [1.807, 2.05) is 11.8 Å². The van der Waals surface area contributed by atoms with Gasteiger partial charge in [-0.05, 0) is 18.6 Å². The van der Waals surface area contributed by atoms with Gasteiger partial charge in [-0.2, -0.15) is 0 Å². The molecule has 0 bridgehead atoms. The van der Waals surface area contributed by atoms with Gasteiger partial charge >= 0.3 is 0 Å². The summed E-state index contributed by atoms with van der Waals surface area (Å²) in [7, 11) is 0. The topological polar surface area (TPSA) is 0 Å². The van der Waals surface area contributed by atoms with Gasteiger partial charge in [0.1, 0.15) is 0 Å². The van der Waals surface area contributed by atoms with Gasteiger partial charge in [-0.3, -0.25) is 0 Å². The molecule has 0 N–H and O–H groups in total. The van der Waals surface area contributed by atoms with Crippen molar-refractivity contribution in [2.45, 2.75) is 17.0 Å². The molecule has 1 atom stereocenters. The van der Waals surface area contributed by atoms with Crippen molar-refractivity contribution in [3.05, 3.63) is 0 Å². The summed E-state index contributed by atoms with van der Waals surface area (Å²) >= 11 is 5.52. The van der Waals surface area contributed by atoms with Gasteiger partial charge in [0.05, 0.1) is 4.16 Å². The minimum atomic E-state index is 0. The predicted molar refractivity (Wildman–Crippen MR) is 34.4 cm³/mol. The average molecular weight is 364 g/mol. The number of alkyl halides is 1. The van der Waals surface area contributed by atoms with Crippen LogP contribution in [0.25, 0.3) is 0 Å². The second-order valence-electron chi connectivity index (χ2n) is 1.42. The second-order valence-corrected chi connectivity index (χ2v) is 4.45. The minimum Gasteiger partial charge on any atom is -0.147 e. The Balaban J connectivity index is 0.000000360. The van der Waals surface area contributed by atoms with Crippen LogP contribution in [0.15, 0.2) is 0 Å². The van der Waals surface area contributed by atoms with E-state index >= 15 is 0 Å². The van der Waals surface area contributed by atoms with Crippen molar-refractivity contribution in [1.82, 2.24) is 0 Å². The Hall–Kier alpha value is 1.57. The van der Waals surface area contributed by atoms with Crippen LogP contribution in [0.3, 0.4) is 0 Å². The second kappa shape index (κ2) is 4.45. The largest absolute Gasteiger partial charge is 0.147 e. The van der Waals surface area contributed by atoms with Gasteiger partial charge in [0.25, 0.3) is 0 Å². The molecule has 3 heteroatoms. The van der Waals surface area contributed by atoms with E-state index in [0.717, 1.165) is 4.16 Å². The fraction of sp³-hybridized carbons (Fsp3) is 1.00. The Morgan fingerprint density at radius 3 is 2.43 bits per heavy atom. The van der Waals surface area contributed by atoms with Gasteiger partial charge in [-0.25, -0.2) is 0 Å². The summed E-state index contributed by atoms with van der Waals surface area (Å²) in [4.78, 5) is 0. The third-order valence-electron chi connectivity index (χ3n) is 0.874. The van der Waals surface area contributed by atoms with Crippen LogP contribution in [-0.2, 0) is 22.4 Å². The molecule has 0 amide bonds. The van der Waals surface area contributed by atoms with Gasteiger partial charge < -0.3 is 0 Å². The summed E-state index contributed by atoms with van der Waals surface area (Å²) in [5, 5.41) is 0. The van der Waals surface area contributed by atoms with Crippen molar-refractivity contribution in [2.75, 3.05) is 5.75 Å². The average Bonchev–Trinajstić information content (AvgIpc) is 1.86. The fourth-order valence-electron chi connectivity index (χ4n) is 0.538. The molecule has 1 aliphatic rings. The molecule has 0 spiro atoms. The Labute approximate surface area is 72.5 Å². The molecule has 0 nitrogen and oxygen atoms in total. The summed E-state index contributed by atoms with van der Waals surface area (Å²) in [6.07, 6.45) is 2.77. The molecule has 0 aliphatic carbocycles. The summed E-state index contributed by atoms with van der Waals surface area (Å²) in [6.45, 7) is 0. The van der Waals surface area contributed by atoms with Gasteiger partial charge in [0.2, 0.25) is 0 Å². The smallest absolute Gasteiger partial charge is 0.0600 e. The minimum absolute atomic E-state index is 0. The van der Waals surface area contributed by atoms with Crippen LogP contribution in [0.1, 0.15) is 12.8 Å². The van der Waals surface area contributed by atoms with Crippen molar-refractivity contribution in [2.24, 2.45) is 0 Å². The van der Waals surface area contributed by atoms with E-state index in [-0.39, 0.29) is 22.4 Å². The molecule has 0 aromatic rings. The molecule has 1 rings (SSSR count). The van der Waals surface area contributed by atoms with E-state index in [9.17, 15) is 0 Å². The molecule has 1 fully saturated rings. The normalized spacial score (nSPS) is 29.6. The third kappa shape index (κ3) is 3.20. The summed E-state index contributed by atoms with van der Waals surface area (Å²) < 4.78 is 0.775. The number of rotatable bonds is 0. The van der Waals surface area contributed by atoms with Gasteiger partial charge in [0, 0.05) is 22.4 Å². The van der Waals surface area contributed by atoms with Crippen LogP contribution in [0.5, 0.6) is 0 Å². The zero-order valence-corrected chi connectivity index (χ0v) is 8.36. The van der Waals surface area contributed by atoms with Gasteiger partial charge in [-0.15, -0.1) is 11.8 Å². The first-order valence-corrected chi connectivity index (χ1v) is 4.12. The van der Waals surface area contributed by atoms with Gasteiger partial charge in [-0.1, -0.05) is 15.9 Å². The summed E-state index contributed by atoms with van der Waals surface area (Å²) in [5.41, 5.74) is 0. The monoisotopic (exact) mass is 363 g/mol. The predicted octanol–water partition coefficient (Wildman–Crippen LogP) is 2.23. The number of thioether (sulfide) groups is 1. The van der Waals surface area contributed by atoms with E-state index < -0.39 is 0 Å². The van der Waals surface area contributed by atoms with Crippen LogP contribution < -0.4 is 0 Å². The first-order valence-electron chi connectivity index (χ1n) is 2.15. The summed E-state index contributed by atoms with van der Waals surface area (Å²) in [6, 6.07) is 0. The SMILES string of the molecule is BrC1CCCS1.[Au]. The number of halogens is 1. The molecule has 1 radical (unpaired) electrons. The molecule has 0 saturated carbocycles. The Kier molecular flexibility index (Phi) is 5.45. The van der Waals surface area contributed by atoms with E-state index in [1.54, 1.807) is 0 Å². The standard InChI is InChI=1S/C4H7BrS.Au/c5-4-2-1-3-6-4;/h4H,1-3H2;. The molecule has 1 unspecified atom stereocenters. The Morgan fingerprint density at radius 2 is 2.29 bits per heavy atom. The molecule has 1 aliphatic heterocycles. The molecule has 7 heavy (non-hydrogen) atoms. The van der Waals surface area contributed by atoms with E-state index in [0.29, 0.717) is 0 Å². The quantitative estimate of drug-likeness (QED) is 0.470. The van der Waals surface area contributed by atoms with Crippen LogP contribution >= 0.6 is 27.7 Å². The molecule has 1 heterocycles. The van der Waals surface area contributed by atoms with Crippen LogP contribution in [0, 0.1) is 0 Å². The zero-order chi connectivity index (χ0) is 4.41. The van der Waals surface area contributed by atoms with E-state index in [2.05, 4.69) is 15.9 Å². The van der Waals surface area contributed by atoms with Crippen molar-refractivity contribution in [3.8, 4) is 0 Å². The molecule has 47 valence electrons. The third-order valence-corrected chi connectivity index (χ3v) is 3.25. The maximum atomic E-state index is 3.50. The van der Waals surface area contributed by atoms with Crippen molar-refractivity contribution < 1.29 is 22.4 Å². The van der Waals surface area contributed by atoms with Gasteiger partial charge in [0.15, 0.2) is 0 Å². The molecular formula is C4H7AuBrS. The van der Waals surface area contributed by atoms with Crippen molar-refractivity contribution in [1.29, 1.82) is 0 Å². The van der Waals surface area contributed by atoms with E-state index in [1.165, 1.54) is 18.6 Å². The van der Waals surface area contributed by atoms with Crippen LogP contribution in [-0.4, -0.2) is 9.91 Å². The molecule has 0 aromatic carbocycles. The van der Waals surface area contributed by atoms with Crippen LogP contribution in [0.4, 0.5) is 0 Å². The first kappa shape index (κ1) is 8.57. The molecular weight excluding hydrogens is 357 g/mol. The van der Waals surface area contributed by atoms with Crippen molar-refractivity contribution >= 4 is 27.7 Å². The number of hydrogen-bond acceptors (Lipinski definition) is 1. The molecule has 0 aromatic heterocycles. The van der Waals surface area contributed by atoms with E-state index in [4.69, 9.17) is 0 Å². The number of hydrogen-bond donors (Lipinski definition) is 0. The van der Waals surface area contributed by atoms with Crippen molar-refractivity contribution in [3.63, 3.8) is 0 Å². The van der Waals surface area contributed by atoms with Crippen LogP contribution in [0.2, 0.25) is 0 Å². The Morgan fingerprint density at radius 1 is 1.57 bits per heavy atom. The Bertz CT molecular complexity index is 45.0. The molecule has 1 saturated heterocycles. The maximum absolute atomic E-state index is 3.50. The summed E-state index contributed by atoms with van der Waals surface area (Å²) in [5.74, 6) is 1.36.